The molecule has 5 heteroatoms. The summed E-state index contributed by atoms with van der Waals surface area (Å²) in [6.45, 7) is 1.23. The summed E-state index contributed by atoms with van der Waals surface area (Å²) in [5.74, 6) is 0.534. The van der Waals surface area contributed by atoms with E-state index in [1.165, 1.54) is 0 Å². The van der Waals surface area contributed by atoms with Gasteiger partial charge in [0.2, 0.25) is 0 Å². The van der Waals surface area contributed by atoms with Crippen LogP contribution in [0.2, 0.25) is 0 Å². The Morgan fingerprint density at radius 3 is 2.86 bits per heavy atom. The number of halogens is 1. The maximum atomic E-state index is 11.7. The first kappa shape index (κ1) is 15.8. The fraction of sp³-hybridized carbons (Fsp3) is 0.312. The maximum absolute atomic E-state index is 11.7. The van der Waals surface area contributed by atoms with Gasteiger partial charge in [0, 0.05) is 20.3 Å². The zero-order chi connectivity index (χ0) is 15.1. The first-order chi connectivity index (χ1) is 10.2. The van der Waals surface area contributed by atoms with Crippen molar-refractivity contribution in [1.82, 2.24) is 5.32 Å². The van der Waals surface area contributed by atoms with E-state index < -0.39 is 0 Å². The zero-order valence-electron chi connectivity index (χ0n) is 11.9. The number of carbonyl (C=O) groups excluding carboxylic acids is 1. The van der Waals surface area contributed by atoms with Crippen LogP contribution >= 0.6 is 15.9 Å². The Labute approximate surface area is 132 Å². The molecule has 0 atom stereocenters. The molecule has 0 fully saturated rings. The molecular formula is C16H18BrNO3. The normalized spacial score (nSPS) is 10.6. The first-order valence-corrected chi connectivity index (χ1v) is 7.57. The van der Waals surface area contributed by atoms with Crippen LogP contribution in [0.3, 0.4) is 0 Å². The highest BCUT2D eigenvalue weighted by molar-refractivity contribution is 9.10. The SMILES string of the molecule is COCCCNC(=O)COc1ccc2ccccc2c1Br. The quantitative estimate of drug-likeness (QED) is 0.779. The summed E-state index contributed by atoms with van der Waals surface area (Å²) in [5.41, 5.74) is 0. The van der Waals surface area contributed by atoms with Crippen molar-refractivity contribution in [2.24, 2.45) is 0 Å². The molecule has 21 heavy (non-hydrogen) atoms. The lowest BCUT2D eigenvalue weighted by Crippen LogP contribution is -2.30. The zero-order valence-corrected chi connectivity index (χ0v) is 13.5. The third kappa shape index (κ3) is 4.44. The lowest BCUT2D eigenvalue weighted by atomic mass is 10.1. The fourth-order valence-electron chi connectivity index (χ4n) is 1.96. The number of benzene rings is 2. The number of methoxy groups -OCH3 is 1. The van der Waals surface area contributed by atoms with Gasteiger partial charge in [-0.3, -0.25) is 4.79 Å². The van der Waals surface area contributed by atoms with Crippen molar-refractivity contribution in [2.75, 3.05) is 26.9 Å². The van der Waals surface area contributed by atoms with Gasteiger partial charge in [0.1, 0.15) is 5.75 Å². The smallest absolute Gasteiger partial charge is 0.257 e. The van der Waals surface area contributed by atoms with Crippen molar-refractivity contribution >= 4 is 32.6 Å². The van der Waals surface area contributed by atoms with E-state index in [-0.39, 0.29) is 12.5 Å². The highest BCUT2D eigenvalue weighted by Gasteiger charge is 2.08. The number of hydrogen-bond donors (Lipinski definition) is 1. The summed E-state index contributed by atoms with van der Waals surface area (Å²) in [4.78, 5) is 11.7. The Kier molecular flexibility index (Phi) is 6.02. The van der Waals surface area contributed by atoms with Gasteiger partial charge in [0.25, 0.3) is 5.91 Å². The molecule has 0 aromatic heterocycles. The molecule has 0 bridgehead atoms. The second-order valence-corrected chi connectivity index (χ2v) is 5.38. The van der Waals surface area contributed by atoms with E-state index in [1.807, 2.05) is 36.4 Å². The molecule has 112 valence electrons. The number of nitrogens with one attached hydrogen (secondary N) is 1. The van der Waals surface area contributed by atoms with E-state index >= 15 is 0 Å². The van der Waals surface area contributed by atoms with Crippen molar-refractivity contribution < 1.29 is 14.3 Å². The monoisotopic (exact) mass is 351 g/mol. The van der Waals surface area contributed by atoms with Gasteiger partial charge in [0.05, 0.1) is 4.47 Å². The van der Waals surface area contributed by atoms with E-state index in [0.717, 1.165) is 21.7 Å². The molecule has 0 aliphatic rings. The molecule has 2 aromatic rings. The molecule has 2 rings (SSSR count). The van der Waals surface area contributed by atoms with Gasteiger partial charge in [-0.2, -0.15) is 0 Å². The van der Waals surface area contributed by atoms with Crippen LogP contribution in [0.15, 0.2) is 40.9 Å². The lowest BCUT2D eigenvalue weighted by molar-refractivity contribution is -0.123. The summed E-state index contributed by atoms with van der Waals surface area (Å²) in [5, 5.41) is 4.98. The van der Waals surface area contributed by atoms with Crippen LogP contribution in [0.5, 0.6) is 5.75 Å². The van der Waals surface area contributed by atoms with Crippen LogP contribution in [0, 0.1) is 0 Å². The third-order valence-electron chi connectivity index (χ3n) is 3.03. The van der Waals surface area contributed by atoms with Crippen LogP contribution in [0.4, 0.5) is 0 Å². The molecule has 0 aliphatic heterocycles. The molecule has 1 N–H and O–H groups in total. The Balaban J connectivity index is 1.91. The molecule has 0 saturated heterocycles. The highest BCUT2D eigenvalue weighted by Crippen LogP contribution is 2.32. The van der Waals surface area contributed by atoms with Crippen molar-refractivity contribution in [3.63, 3.8) is 0 Å². The Bertz CT molecular complexity index is 615. The van der Waals surface area contributed by atoms with E-state index in [4.69, 9.17) is 9.47 Å². The largest absolute Gasteiger partial charge is 0.483 e. The lowest BCUT2D eigenvalue weighted by Gasteiger charge is -2.10. The van der Waals surface area contributed by atoms with Gasteiger partial charge < -0.3 is 14.8 Å². The molecule has 1 amide bonds. The Hall–Kier alpha value is -1.59. The molecule has 0 unspecified atom stereocenters. The Morgan fingerprint density at radius 1 is 1.24 bits per heavy atom. The average molecular weight is 352 g/mol. The second kappa shape index (κ2) is 8.00. The van der Waals surface area contributed by atoms with Crippen LogP contribution in [-0.4, -0.2) is 32.8 Å². The minimum atomic E-state index is -0.133. The summed E-state index contributed by atoms with van der Waals surface area (Å²) in [7, 11) is 1.64. The number of amides is 1. The van der Waals surface area contributed by atoms with Crippen LogP contribution in [0.1, 0.15) is 6.42 Å². The number of carbonyl (C=O) groups is 1. The molecule has 0 aliphatic carbocycles. The van der Waals surface area contributed by atoms with Crippen molar-refractivity contribution in [3.8, 4) is 5.75 Å². The van der Waals surface area contributed by atoms with Gasteiger partial charge in [-0.1, -0.05) is 30.3 Å². The first-order valence-electron chi connectivity index (χ1n) is 6.78. The van der Waals surface area contributed by atoms with Gasteiger partial charge in [0.15, 0.2) is 6.61 Å². The number of fused-ring (bicyclic) bond motifs is 1. The second-order valence-electron chi connectivity index (χ2n) is 4.58. The van der Waals surface area contributed by atoms with E-state index in [9.17, 15) is 4.79 Å². The summed E-state index contributed by atoms with van der Waals surface area (Å²) in [6.07, 6.45) is 0.794. The molecule has 0 saturated carbocycles. The van der Waals surface area contributed by atoms with Crippen LogP contribution in [-0.2, 0) is 9.53 Å². The number of rotatable bonds is 7. The highest BCUT2D eigenvalue weighted by atomic mass is 79.9. The molecule has 0 spiro atoms. The van der Waals surface area contributed by atoms with E-state index in [2.05, 4.69) is 21.2 Å². The van der Waals surface area contributed by atoms with Gasteiger partial charge in [-0.15, -0.1) is 0 Å². The molecule has 0 radical (unpaired) electrons. The predicted octanol–water partition coefficient (Wildman–Crippen LogP) is 3.13. The van der Waals surface area contributed by atoms with E-state index in [0.29, 0.717) is 18.9 Å². The van der Waals surface area contributed by atoms with Gasteiger partial charge in [-0.05, 0) is 39.2 Å². The van der Waals surface area contributed by atoms with Crippen molar-refractivity contribution in [1.29, 1.82) is 0 Å². The fourth-order valence-corrected chi connectivity index (χ4v) is 2.57. The molecule has 0 heterocycles. The predicted molar refractivity (Wildman–Crippen MR) is 86.6 cm³/mol. The minimum absolute atomic E-state index is 0.00389. The summed E-state index contributed by atoms with van der Waals surface area (Å²) >= 11 is 3.53. The van der Waals surface area contributed by atoms with Crippen molar-refractivity contribution in [2.45, 2.75) is 6.42 Å². The van der Waals surface area contributed by atoms with Gasteiger partial charge >= 0.3 is 0 Å². The standard InChI is InChI=1S/C16H18BrNO3/c1-20-10-4-9-18-15(19)11-21-14-8-7-12-5-2-3-6-13(12)16(14)17/h2-3,5-8H,4,9-11H2,1H3,(H,18,19). The number of ether oxygens (including phenoxy) is 2. The number of hydrogen-bond acceptors (Lipinski definition) is 3. The van der Waals surface area contributed by atoms with Crippen LogP contribution in [0.25, 0.3) is 10.8 Å². The topological polar surface area (TPSA) is 47.6 Å². The summed E-state index contributed by atoms with van der Waals surface area (Å²) < 4.78 is 11.4. The van der Waals surface area contributed by atoms with Crippen molar-refractivity contribution in [3.05, 3.63) is 40.9 Å². The maximum Gasteiger partial charge on any atom is 0.257 e. The third-order valence-corrected chi connectivity index (χ3v) is 3.85. The minimum Gasteiger partial charge on any atom is -0.483 e. The molecule has 2 aromatic carbocycles. The van der Waals surface area contributed by atoms with Crippen LogP contribution < -0.4 is 10.1 Å². The Morgan fingerprint density at radius 2 is 2.05 bits per heavy atom. The average Bonchev–Trinajstić information content (AvgIpc) is 2.51. The van der Waals surface area contributed by atoms with Gasteiger partial charge in [-0.25, -0.2) is 0 Å². The van der Waals surface area contributed by atoms with E-state index in [1.54, 1.807) is 7.11 Å². The molecular weight excluding hydrogens is 334 g/mol. The molecule has 4 nitrogen and oxygen atoms in total. The summed E-state index contributed by atoms with van der Waals surface area (Å²) in [6, 6.07) is 11.8.